The molecule has 0 bridgehead atoms. The van der Waals surface area contributed by atoms with Crippen molar-refractivity contribution in [3.05, 3.63) is 72.4 Å². The molecule has 124 valence electrons. The van der Waals surface area contributed by atoms with E-state index in [0.717, 1.165) is 29.5 Å². The third-order valence-corrected chi connectivity index (χ3v) is 4.02. The third kappa shape index (κ3) is 3.03. The summed E-state index contributed by atoms with van der Waals surface area (Å²) in [4.78, 5) is 8.97. The zero-order chi connectivity index (χ0) is 17.1. The van der Waals surface area contributed by atoms with E-state index in [-0.39, 0.29) is 0 Å². The molecule has 7 heteroatoms. The van der Waals surface area contributed by atoms with Gasteiger partial charge in [0.05, 0.1) is 12.2 Å². The van der Waals surface area contributed by atoms with E-state index >= 15 is 0 Å². The number of benzene rings is 1. The first kappa shape index (κ1) is 15.2. The number of hydrogen-bond donors (Lipinski definition) is 0. The molecule has 3 heterocycles. The molecule has 0 aliphatic heterocycles. The monoisotopic (exact) mass is 331 g/mol. The van der Waals surface area contributed by atoms with Crippen molar-refractivity contribution in [2.75, 3.05) is 0 Å². The topological polar surface area (TPSA) is 74.3 Å². The van der Waals surface area contributed by atoms with Crippen molar-refractivity contribution in [2.45, 2.75) is 19.9 Å². The molecule has 0 spiro atoms. The Bertz CT molecular complexity index is 955. The summed E-state index contributed by atoms with van der Waals surface area (Å²) in [6.45, 7) is 2.62. The van der Waals surface area contributed by atoms with Crippen LogP contribution in [0.5, 0.6) is 0 Å². The van der Waals surface area contributed by atoms with Crippen LogP contribution in [0.3, 0.4) is 0 Å². The molecule has 1 aromatic carbocycles. The predicted octanol–water partition coefficient (Wildman–Crippen LogP) is 2.53. The maximum atomic E-state index is 4.52. The lowest BCUT2D eigenvalue weighted by Gasteiger charge is -2.08. The van der Waals surface area contributed by atoms with Crippen LogP contribution in [0.1, 0.15) is 18.3 Å². The van der Waals surface area contributed by atoms with Crippen molar-refractivity contribution >= 4 is 0 Å². The van der Waals surface area contributed by atoms with Gasteiger partial charge in [-0.25, -0.2) is 4.98 Å². The molecule has 25 heavy (non-hydrogen) atoms. The van der Waals surface area contributed by atoms with Crippen LogP contribution in [0.25, 0.3) is 17.2 Å². The van der Waals surface area contributed by atoms with Crippen LogP contribution >= 0.6 is 0 Å². The molecule has 0 aliphatic carbocycles. The first-order valence-corrected chi connectivity index (χ1v) is 8.14. The van der Waals surface area contributed by atoms with Gasteiger partial charge in [-0.05, 0) is 40.6 Å². The number of tetrazole rings is 1. The first-order chi connectivity index (χ1) is 12.3. The second kappa shape index (κ2) is 6.64. The largest absolute Gasteiger partial charge is 0.322 e. The van der Waals surface area contributed by atoms with E-state index in [9.17, 15) is 0 Å². The first-order valence-electron chi connectivity index (χ1n) is 8.14. The van der Waals surface area contributed by atoms with Crippen molar-refractivity contribution in [1.82, 2.24) is 34.7 Å². The summed E-state index contributed by atoms with van der Waals surface area (Å²) >= 11 is 0. The van der Waals surface area contributed by atoms with Crippen LogP contribution in [0.15, 0.2) is 61.1 Å². The second-order valence-electron chi connectivity index (χ2n) is 5.63. The van der Waals surface area contributed by atoms with Crippen molar-refractivity contribution in [2.24, 2.45) is 0 Å². The SMILES string of the molecule is CCc1ccc(-c2nccn2Cc2nnnn2-c2ccccc2)nc1. The summed E-state index contributed by atoms with van der Waals surface area (Å²) in [5, 5.41) is 12.1. The molecule has 0 atom stereocenters. The fourth-order valence-electron chi connectivity index (χ4n) is 2.66. The maximum Gasteiger partial charge on any atom is 0.176 e. The molecule has 7 nitrogen and oxygen atoms in total. The normalized spacial score (nSPS) is 10.9. The molecule has 0 N–H and O–H groups in total. The highest BCUT2D eigenvalue weighted by atomic mass is 15.5. The van der Waals surface area contributed by atoms with Gasteiger partial charge in [-0.15, -0.1) is 5.10 Å². The van der Waals surface area contributed by atoms with E-state index in [1.165, 1.54) is 5.56 Å². The molecule has 0 amide bonds. The Labute approximate surface area is 145 Å². The summed E-state index contributed by atoms with van der Waals surface area (Å²) in [7, 11) is 0. The lowest BCUT2D eigenvalue weighted by molar-refractivity contribution is 0.703. The van der Waals surface area contributed by atoms with E-state index in [4.69, 9.17) is 0 Å². The number of nitrogens with zero attached hydrogens (tertiary/aromatic N) is 7. The summed E-state index contributed by atoms with van der Waals surface area (Å²) in [5.74, 6) is 1.53. The van der Waals surface area contributed by atoms with Crippen molar-refractivity contribution in [1.29, 1.82) is 0 Å². The van der Waals surface area contributed by atoms with Gasteiger partial charge in [-0.2, -0.15) is 4.68 Å². The third-order valence-electron chi connectivity index (χ3n) is 4.02. The van der Waals surface area contributed by atoms with Crippen LogP contribution in [0, 0.1) is 0 Å². The van der Waals surface area contributed by atoms with Crippen LogP contribution in [-0.4, -0.2) is 34.7 Å². The summed E-state index contributed by atoms with van der Waals surface area (Å²) < 4.78 is 3.73. The Kier molecular flexibility index (Phi) is 4.04. The number of imidazole rings is 1. The van der Waals surface area contributed by atoms with Crippen LogP contribution in [0.4, 0.5) is 0 Å². The van der Waals surface area contributed by atoms with Crippen molar-refractivity contribution in [3.8, 4) is 17.2 Å². The van der Waals surface area contributed by atoms with Gasteiger partial charge in [0, 0.05) is 18.6 Å². The molecule has 0 unspecified atom stereocenters. The highest BCUT2D eigenvalue weighted by Crippen LogP contribution is 2.17. The molecule has 0 saturated heterocycles. The van der Waals surface area contributed by atoms with Gasteiger partial charge in [0.1, 0.15) is 5.69 Å². The molecular formula is C18H17N7. The Morgan fingerprint density at radius 2 is 1.88 bits per heavy atom. The van der Waals surface area contributed by atoms with Crippen LogP contribution in [0.2, 0.25) is 0 Å². The maximum absolute atomic E-state index is 4.52. The highest BCUT2D eigenvalue weighted by Gasteiger charge is 2.13. The van der Waals surface area contributed by atoms with E-state index in [1.54, 1.807) is 10.9 Å². The lowest BCUT2D eigenvalue weighted by Crippen LogP contribution is -2.09. The van der Waals surface area contributed by atoms with Gasteiger partial charge in [0.15, 0.2) is 11.6 Å². The van der Waals surface area contributed by atoms with E-state index in [0.29, 0.717) is 6.54 Å². The molecule has 0 radical (unpaired) electrons. The van der Waals surface area contributed by atoms with Crippen LogP contribution in [-0.2, 0) is 13.0 Å². The predicted molar refractivity (Wildman–Crippen MR) is 93.1 cm³/mol. The minimum absolute atomic E-state index is 0.508. The molecule has 3 aromatic heterocycles. The Morgan fingerprint density at radius 1 is 1.00 bits per heavy atom. The van der Waals surface area contributed by atoms with Gasteiger partial charge in [-0.1, -0.05) is 31.2 Å². The number of aromatic nitrogens is 7. The molecule has 4 aromatic rings. The minimum Gasteiger partial charge on any atom is -0.322 e. The Morgan fingerprint density at radius 3 is 2.64 bits per heavy atom. The van der Waals surface area contributed by atoms with Gasteiger partial charge in [-0.3, -0.25) is 4.98 Å². The fraction of sp³-hybridized carbons (Fsp3) is 0.167. The lowest BCUT2D eigenvalue weighted by atomic mass is 10.2. The van der Waals surface area contributed by atoms with E-state index in [1.807, 2.05) is 53.4 Å². The molecular weight excluding hydrogens is 314 g/mol. The molecule has 0 fully saturated rings. The van der Waals surface area contributed by atoms with Gasteiger partial charge in [0.25, 0.3) is 0 Å². The van der Waals surface area contributed by atoms with Gasteiger partial charge >= 0.3 is 0 Å². The zero-order valence-electron chi connectivity index (χ0n) is 13.8. The molecule has 0 aliphatic rings. The van der Waals surface area contributed by atoms with E-state index in [2.05, 4.69) is 38.5 Å². The summed E-state index contributed by atoms with van der Waals surface area (Å²) in [5.41, 5.74) is 2.96. The molecule has 4 rings (SSSR count). The standard InChI is InChI=1S/C18H17N7/c1-2-14-8-9-16(20-12-14)18-19-10-11-24(18)13-17-21-22-23-25(17)15-6-4-3-5-7-15/h3-12H,2,13H2,1H3. The Balaban J connectivity index is 1.65. The Hall–Kier alpha value is -3.35. The summed E-state index contributed by atoms with van der Waals surface area (Å²) in [6, 6.07) is 13.9. The number of para-hydroxylation sites is 1. The van der Waals surface area contributed by atoms with Gasteiger partial charge < -0.3 is 4.57 Å². The van der Waals surface area contributed by atoms with Crippen molar-refractivity contribution < 1.29 is 0 Å². The highest BCUT2D eigenvalue weighted by molar-refractivity contribution is 5.50. The van der Waals surface area contributed by atoms with Gasteiger partial charge in [0.2, 0.25) is 0 Å². The average molecular weight is 331 g/mol. The molecule has 0 saturated carbocycles. The number of hydrogen-bond acceptors (Lipinski definition) is 5. The number of aryl methyl sites for hydroxylation is 1. The fourth-order valence-corrected chi connectivity index (χ4v) is 2.66. The number of pyridine rings is 1. The van der Waals surface area contributed by atoms with Crippen molar-refractivity contribution in [3.63, 3.8) is 0 Å². The van der Waals surface area contributed by atoms with Crippen LogP contribution < -0.4 is 0 Å². The summed E-state index contributed by atoms with van der Waals surface area (Å²) in [6.07, 6.45) is 6.53. The number of rotatable bonds is 5. The quantitative estimate of drug-likeness (QED) is 0.562. The second-order valence-corrected chi connectivity index (χ2v) is 5.63. The minimum atomic E-state index is 0.508. The average Bonchev–Trinajstić information content (AvgIpc) is 3.32. The van der Waals surface area contributed by atoms with E-state index < -0.39 is 0 Å². The zero-order valence-corrected chi connectivity index (χ0v) is 13.8. The smallest absolute Gasteiger partial charge is 0.176 e.